The normalized spacial score (nSPS) is 17.4. The number of likely N-dealkylation sites (tertiary alicyclic amines) is 1. The lowest BCUT2D eigenvalue weighted by Crippen LogP contribution is -2.44. The molecule has 10 heteroatoms. The summed E-state index contributed by atoms with van der Waals surface area (Å²) in [5, 5.41) is 0. The number of amides is 1. The number of piperidine rings is 1. The van der Waals surface area contributed by atoms with E-state index in [-0.39, 0.29) is 17.3 Å². The topological polar surface area (TPSA) is 108 Å². The fourth-order valence-corrected chi connectivity index (χ4v) is 8.81. The summed E-state index contributed by atoms with van der Waals surface area (Å²) in [6.07, 6.45) is 10.6. The number of sulfonamides is 1. The minimum absolute atomic E-state index is 0.0144. The van der Waals surface area contributed by atoms with Gasteiger partial charge in [-0.1, -0.05) is 6.07 Å². The molecule has 1 amide bonds. The molecule has 1 aliphatic carbocycles. The van der Waals surface area contributed by atoms with Gasteiger partial charge in [-0.25, -0.2) is 13.4 Å². The molecule has 0 unspecified atom stereocenters. The molecule has 2 aromatic carbocycles. The lowest BCUT2D eigenvalue weighted by atomic mass is 9.64. The molecule has 0 bridgehead atoms. The first kappa shape index (κ1) is 30.3. The number of benzene rings is 2. The van der Waals surface area contributed by atoms with Gasteiger partial charge >= 0.3 is 0 Å². The Morgan fingerprint density at radius 3 is 2.34 bits per heavy atom. The number of carbonyl (C=O) groups is 1. The zero-order valence-corrected chi connectivity index (χ0v) is 26.8. The molecule has 44 heavy (non-hydrogen) atoms. The molecule has 3 heterocycles. The molecule has 2 aromatic heterocycles. The summed E-state index contributed by atoms with van der Waals surface area (Å²) >= 11 is 0. The minimum atomic E-state index is -3.80. The third-order valence-electron chi connectivity index (χ3n) is 9.84. The number of fused-ring (bicyclic) bond motifs is 1. The molecule has 232 valence electrons. The fraction of sp³-hybridized carbons (Fsp3) is 0.441. The summed E-state index contributed by atoms with van der Waals surface area (Å²) in [5.41, 5.74) is 4.80. The van der Waals surface area contributed by atoms with Gasteiger partial charge in [-0.15, -0.1) is 0 Å². The highest BCUT2D eigenvalue weighted by Gasteiger charge is 2.39. The second kappa shape index (κ2) is 12.0. The van der Waals surface area contributed by atoms with Gasteiger partial charge in [-0.3, -0.25) is 9.78 Å². The van der Waals surface area contributed by atoms with Crippen LogP contribution in [0.25, 0.3) is 11.0 Å². The Hall–Kier alpha value is -3.76. The van der Waals surface area contributed by atoms with Crippen LogP contribution in [-0.4, -0.2) is 65.7 Å². The molecule has 1 saturated heterocycles. The molecular weight excluding hydrogens is 574 g/mol. The van der Waals surface area contributed by atoms with Gasteiger partial charge in [-0.05, 0) is 117 Å². The van der Waals surface area contributed by atoms with E-state index in [0.29, 0.717) is 45.1 Å². The van der Waals surface area contributed by atoms with Crippen LogP contribution in [0, 0.1) is 19.3 Å². The van der Waals surface area contributed by atoms with Crippen LogP contribution in [0.4, 0.5) is 0 Å². The number of aromatic nitrogens is 3. The third-order valence-corrected chi connectivity index (χ3v) is 11.9. The molecule has 0 atom stereocenters. The van der Waals surface area contributed by atoms with Gasteiger partial charge in [0.05, 0.1) is 29.6 Å². The molecule has 2 fully saturated rings. The smallest absolute Gasteiger partial charge is 0.256 e. The second-order valence-corrected chi connectivity index (χ2v) is 14.6. The second-order valence-electron chi connectivity index (χ2n) is 12.6. The van der Waals surface area contributed by atoms with E-state index >= 15 is 0 Å². The van der Waals surface area contributed by atoms with E-state index in [1.165, 1.54) is 35.6 Å². The Bertz CT molecular complexity index is 1740. The number of pyridine rings is 1. The largest absolute Gasteiger partial charge is 0.497 e. The lowest BCUT2D eigenvalue weighted by Gasteiger charge is -2.46. The molecule has 1 saturated carbocycles. The first-order valence-electron chi connectivity index (χ1n) is 15.4. The maximum absolute atomic E-state index is 13.8. The van der Waals surface area contributed by atoms with Crippen LogP contribution in [0.15, 0.2) is 59.8 Å². The average Bonchev–Trinajstić information content (AvgIpc) is 3.44. The number of para-hydroxylation sites is 1. The highest BCUT2D eigenvalue weighted by Crippen LogP contribution is 2.49. The Morgan fingerprint density at radius 1 is 1.05 bits per heavy atom. The number of nitrogens with one attached hydrogen (secondary N) is 1. The fourth-order valence-electron chi connectivity index (χ4n) is 7.27. The number of hydrogen-bond acceptors (Lipinski definition) is 6. The number of carbonyl (C=O) groups excluding carboxylic acids is 1. The maximum atomic E-state index is 13.8. The number of aryl methyl sites for hydroxylation is 2. The average molecular weight is 616 g/mol. The van der Waals surface area contributed by atoms with Crippen LogP contribution in [-0.2, 0) is 16.6 Å². The van der Waals surface area contributed by atoms with E-state index in [2.05, 4.69) is 22.1 Å². The molecule has 1 spiro atoms. The molecule has 4 aromatic rings. The Morgan fingerprint density at radius 2 is 1.70 bits per heavy atom. The highest BCUT2D eigenvalue weighted by atomic mass is 32.2. The van der Waals surface area contributed by atoms with Gasteiger partial charge in [-0.2, -0.15) is 4.31 Å². The predicted octanol–water partition coefficient (Wildman–Crippen LogP) is 5.98. The SMILES string of the molecule is COc1cc(C)c(S(=O)(=O)N(C)Cc2nc3c(C(=O)N4CCC5(CCC(c6ccncc6)CC5)CC4)cccc3[nH]2)c(C)c1. The summed E-state index contributed by atoms with van der Waals surface area (Å²) in [6.45, 7) is 5.07. The van der Waals surface area contributed by atoms with E-state index in [0.717, 1.165) is 31.4 Å². The minimum Gasteiger partial charge on any atom is -0.497 e. The summed E-state index contributed by atoms with van der Waals surface area (Å²) in [6, 6.07) is 13.3. The zero-order chi connectivity index (χ0) is 31.1. The number of H-pyrrole nitrogens is 1. The van der Waals surface area contributed by atoms with Crippen molar-refractivity contribution in [3.8, 4) is 5.75 Å². The standard InChI is InChI=1S/C34H41N5O4S/c1-23-20-27(43-4)21-24(2)32(23)44(41,42)38(3)22-30-36-29-7-5-6-28(31(29)37-30)33(40)39-18-14-34(15-19-39)12-8-25(9-13-34)26-10-16-35-17-11-26/h5-7,10-11,16-17,20-21,25H,8-9,12-15,18-19,22H2,1-4H3,(H,36,37). The Kier molecular flexibility index (Phi) is 8.24. The molecule has 1 N–H and O–H groups in total. The summed E-state index contributed by atoms with van der Waals surface area (Å²) in [5.74, 6) is 1.69. The molecule has 2 aliphatic rings. The molecule has 0 radical (unpaired) electrons. The van der Waals surface area contributed by atoms with E-state index in [9.17, 15) is 13.2 Å². The van der Waals surface area contributed by atoms with E-state index < -0.39 is 10.0 Å². The van der Waals surface area contributed by atoms with Crippen molar-refractivity contribution in [2.24, 2.45) is 5.41 Å². The Balaban J connectivity index is 1.13. The summed E-state index contributed by atoms with van der Waals surface area (Å²) < 4.78 is 33.7. The van der Waals surface area contributed by atoms with Crippen molar-refractivity contribution in [2.45, 2.75) is 69.7 Å². The van der Waals surface area contributed by atoms with Crippen molar-refractivity contribution in [2.75, 3.05) is 27.2 Å². The van der Waals surface area contributed by atoms with Gasteiger partial charge in [0.15, 0.2) is 0 Å². The van der Waals surface area contributed by atoms with Crippen molar-refractivity contribution >= 4 is 27.0 Å². The van der Waals surface area contributed by atoms with E-state index in [1.807, 2.05) is 35.5 Å². The zero-order valence-electron chi connectivity index (χ0n) is 26.0. The van der Waals surface area contributed by atoms with Crippen LogP contribution in [0.2, 0.25) is 0 Å². The first-order valence-corrected chi connectivity index (χ1v) is 16.8. The number of aromatic amines is 1. The van der Waals surface area contributed by atoms with Crippen LogP contribution in [0.5, 0.6) is 5.75 Å². The molecular formula is C34H41N5O4S. The van der Waals surface area contributed by atoms with Gasteiger partial charge in [0.2, 0.25) is 10.0 Å². The van der Waals surface area contributed by atoms with Gasteiger partial charge < -0.3 is 14.6 Å². The van der Waals surface area contributed by atoms with Crippen LogP contribution < -0.4 is 4.74 Å². The Labute approximate surface area is 259 Å². The van der Waals surface area contributed by atoms with E-state index in [4.69, 9.17) is 9.72 Å². The highest BCUT2D eigenvalue weighted by molar-refractivity contribution is 7.89. The summed E-state index contributed by atoms with van der Waals surface area (Å²) in [4.78, 5) is 28.2. The molecule has 9 nitrogen and oxygen atoms in total. The van der Waals surface area contributed by atoms with Gasteiger partial charge in [0.25, 0.3) is 5.91 Å². The van der Waals surface area contributed by atoms with Crippen molar-refractivity contribution in [3.63, 3.8) is 0 Å². The van der Waals surface area contributed by atoms with Gasteiger partial charge in [0.1, 0.15) is 17.1 Å². The quantitative estimate of drug-likeness (QED) is 0.274. The number of nitrogens with zero attached hydrogens (tertiary/aromatic N) is 4. The number of rotatable bonds is 7. The van der Waals surface area contributed by atoms with Crippen LogP contribution >= 0.6 is 0 Å². The van der Waals surface area contributed by atoms with Crippen molar-refractivity contribution < 1.29 is 17.9 Å². The number of imidazole rings is 1. The third kappa shape index (κ3) is 5.73. The van der Waals surface area contributed by atoms with Crippen molar-refractivity contribution in [1.29, 1.82) is 0 Å². The predicted molar refractivity (Wildman–Crippen MR) is 170 cm³/mol. The first-order chi connectivity index (χ1) is 21.1. The van der Waals surface area contributed by atoms with Crippen molar-refractivity contribution in [1.82, 2.24) is 24.2 Å². The monoisotopic (exact) mass is 615 g/mol. The number of methoxy groups -OCH3 is 1. The number of hydrogen-bond donors (Lipinski definition) is 1. The van der Waals surface area contributed by atoms with Crippen molar-refractivity contribution in [3.05, 3.63) is 82.9 Å². The molecule has 6 rings (SSSR count). The van der Waals surface area contributed by atoms with Crippen LogP contribution in [0.3, 0.4) is 0 Å². The summed E-state index contributed by atoms with van der Waals surface area (Å²) in [7, 11) is -0.688. The van der Waals surface area contributed by atoms with E-state index in [1.54, 1.807) is 40.1 Å². The maximum Gasteiger partial charge on any atom is 0.256 e. The lowest BCUT2D eigenvalue weighted by molar-refractivity contribution is 0.0450. The van der Waals surface area contributed by atoms with Gasteiger partial charge in [0, 0.05) is 32.5 Å². The number of ether oxygens (including phenoxy) is 1. The molecule has 1 aliphatic heterocycles. The van der Waals surface area contributed by atoms with Crippen LogP contribution in [0.1, 0.15) is 77.3 Å².